The number of likely N-dealkylation sites (tertiary alicyclic amines) is 1. The van der Waals surface area contributed by atoms with E-state index in [1.54, 1.807) is 17.0 Å². The number of hydrogen-bond acceptors (Lipinski definition) is 6. The highest BCUT2D eigenvalue weighted by molar-refractivity contribution is 7.18. The lowest BCUT2D eigenvalue weighted by molar-refractivity contribution is -0.384. The van der Waals surface area contributed by atoms with Gasteiger partial charge < -0.3 is 15.0 Å². The second-order valence-corrected chi connectivity index (χ2v) is 11.8. The van der Waals surface area contributed by atoms with Gasteiger partial charge in [-0.3, -0.25) is 14.9 Å². The van der Waals surface area contributed by atoms with Crippen LogP contribution in [0.25, 0.3) is 0 Å². The Morgan fingerprint density at radius 3 is 2.31 bits per heavy atom. The summed E-state index contributed by atoms with van der Waals surface area (Å²) in [6.45, 7) is 0.960. The Morgan fingerprint density at radius 2 is 1.74 bits per heavy atom. The van der Waals surface area contributed by atoms with Crippen molar-refractivity contribution in [3.05, 3.63) is 91.6 Å². The molecule has 0 saturated carbocycles. The highest BCUT2D eigenvalue weighted by Crippen LogP contribution is 2.35. The Kier molecular flexibility index (Phi) is 7.53. The number of nitrogens with zero attached hydrogens (tertiary/aromatic N) is 2. The number of carbonyl (C=O) groups excluding carboxylic acids is 2. The zero-order valence-electron chi connectivity index (χ0n) is 19.0. The quantitative estimate of drug-likeness (QED) is 0.293. The summed E-state index contributed by atoms with van der Waals surface area (Å²) in [5.41, 5.74) is 0.983. The normalized spacial score (nSPS) is 15.9. The fraction of sp³-hybridized carbons (Fsp3) is 0.250. The van der Waals surface area contributed by atoms with Gasteiger partial charge in [-0.05, 0) is 48.6 Å². The lowest BCUT2D eigenvalue weighted by atomic mass is 9.84. The number of halogens is 1. The summed E-state index contributed by atoms with van der Waals surface area (Å²) in [4.78, 5) is 38.2. The first-order valence-corrected chi connectivity index (χ1v) is 13.3. The third-order valence-electron chi connectivity index (χ3n) is 6.37. The van der Waals surface area contributed by atoms with Gasteiger partial charge in [-0.15, -0.1) is 11.3 Å². The van der Waals surface area contributed by atoms with Gasteiger partial charge in [0.1, 0.15) is 5.75 Å². The molecule has 0 bridgehead atoms. The first-order chi connectivity index (χ1) is 16.8. The minimum atomic E-state index is -0.511. The highest BCUT2D eigenvalue weighted by atomic mass is 35.5. The van der Waals surface area contributed by atoms with E-state index < -0.39 is 16.2 Å². The van der Waals surface area contributed by atoms with E-state index >= 15 is 0 Å². The molecule has 1 aromatic heterocycles. The highest BCUT2D eigenvalue weighted by Gasteiger charge is 2.40. The Hall–Kier alpha value is -3.21. The summed E-state index contributed by atoms with van der Waals surface area (Å²) >= 11 is 7.28. The van der Waals surface area contributed by atoms with Gasteiger partial charge >= 0.3 is 6.09 Å². The van der Waals surface area contributed by atoms with Gasteiger partial charge in [0.05, 0.1) is 14.1 Å². The number of nitro groups is 1. The topological polar surface area (TPSA) is 102 Å². The van der Waals surface area contributed by atoms with E-state index in [0.717, 1.165) is 5.56 Å². The second kappa shape index (κ2) is 10.6. The van der Waals surface area contributed by atoms with Gasteiger partial charge in [0.15, 0.2) is 0 Å². The number of thiophene rings is 1. The average Bonchev–Trinajstić information content (AvgIpc) is 3.31. The monoisotopic (exact) mass is 529 g/mol. The lowest BCUT2D eigenvalue weighted by Crippen LogP contribution is -2.55. The molecule has 0 radical (unpaired) electrons. The van der Waals surface area contributed by atoms with E-state index in [2.05, 4.69) is 5.32 Å². The van der Waals surface area contributed by atoms with Gasteiger partial charge in [0.25, 0.3) is 11.6 Å². The minimum Gasteiger partial charge on any atom is -0.410 e. The van der Waals surface area contributed by atoms with Crippen LogP contribution in [-0.4, -0.2) is 45.2 Å². The maximum absolute atomic E-state index is 13.1. The first-order valence-electron chi connectivity index (χ1n) is 11.1. The van der Waals surface area contributed by atoms with Crippen LogP contribution >= 0.6 is 22.9 Å². The molecule has 1 atom stereocenters. The number of amides is 2. The van der Waals surface area contributed by atoms with Crippen molar-refractivity contribution in [1.29, 1.82) is 0 Å². The van der Waals surface area contributed by atoms with Crippen LogP contribution in [0.4, 0.5) is 10.5 Å². The van der Waals surface area contributed by atoms with Crippen LogP contribution in [-0.2, 0) is 5.16 Å². The number of non-ortho nitro benzene ring substituents is 1. The summed E-state index contributed by atoms with van der Waals surface area (Å²) < 4.78 is 5.97. The van der Waals surface area contributed by atoms with Crippen LogP contribution in [0.3, 0.4) is 0 Å². The number of nitrogens with one attached hydrogen (secondary N) is 1. The molecule has 1 aliphatic rings. The molecule has 2 heterocycles. The smallest absolute Gasteiger partial charge is 0.410 e. The Morgan fingerprint density at radius 1 is 1.09 bits per heavy atom. The number of ether oxygens (including phenoxy) is 1. The van der Waals surface area contributed by atoms with Gasteiger partial charge in [0.2, 0.25) is 0 Å². The number of carbonyl (C=O) groups is 2. The molecule has 1 aliphatic heterocycles. The molecular weight excluding hydrogens is 506 g/mol. The molecule has 0 spiro atoms. The average molecular weight is 530 g/mol. The van der Waals surface area contributed by atoms with Crippen molar-refractivity contribution >= 4 is 50.9 Å². The van der Waals surface area contributed by atoms with Crippen molar-refractivity contribution in [2.75, 3.05) is 13.1 Å². The van der Waals surface area contributed by atoms with Crippen molar-refractivity contribution in [2.45, 2.75) is 18.0 Å². The van der Waals surface area contributed by atoms with Crippen LogP contribution in [0.5, 0.6) is 5.75 Å². The van der Waals surface area contributed by atoms with E-state index in [0.29, 0.717) is 45.4 Å². The van der Waals surface area contributed by atoms with Crippen LogP contribution in [0.2, 0.25) is 4.34 Å². The minimum absolute atomic E-state index is 0.0677. The van der Waals surface area contributed by atoms with Crippen LogP contribution in [0.15, 0.2) is 66.7 Å². The van der Waals surface area contributed by atoms with Crippen LogP contribution < -0.4 is 10.1 Å². The molecule has 2 aromatic carbocycles. The Bertz CT molecular complexity index is 1220. The maximum atomic E-state index is 13.1. The zero-order chi connectivity index (χ0) is 25.0. The second-order valence-electron chi connectivity index (χ2n) is 8.51. The molecule has 0 aliphatic carbocycles. The predicted octanol–water partition coefficient (Wildman–Crippen LogP) is 4.17. The molecule has 11 heteroatoms. The summed E-state index contributed by atoms with van der Waals surface area (Å²) in [7, 11) is 0.670. The van der Waals surface area contributed by atoms with Crippen molar-refractivity contribution in [3.8, 4) is 5.75 Å². The van der Waals surface area contributed by atoms with Crippen LogP contribution in [0, 0.1) is 16.0 Å². The third kappa shape index (κ3) is 5.72. The van der Waals surface area contributed by atoms with Gasteiger partial charge in [-0.25, -0.2) is 4.79 Å². The molecule has 1 saturated heterocycles. The molecular formula is C24H24ClN3O5SSi. The molecule has 35 heavy (non-hydrogen) atoms. The summed E-state index contributed by atoms with van der Waals surface area (Å²) in [5.74, 6) is 0.242. The lowest BCUT2D eigenvalue weighted by Gasteiger charge is -2.43. The summed E-state index contributed by atoms with van der Waals surface area (Å²) in [6, 6.07) is 18.8. The maximum Gasteiger partial charge on any atom is 0.415 e. The van der Waals surface area contributed by atoms with Crippen molar-refractivity contribution in [3.63, 3.8) is 0 Å². The zero-order valence-corrected chi connectivity index (χ0v) is 22.6. The summed E-state index contributed by atoms with van der Waals surface area (Å²) in [6.07, 6.45) is 0.895. The van der Waals surface area contributed by atoms with Gasteiger partial charge in [-0.2, -0.15) is 0 Å². The molecule has 3 aromatic rings. The van der Waals surface area contributed by atoms with E-state index in [-0.39, 0.29) is 23.3 Å². The number of hydrogen-bond donors (Lipinski definition) is 1. The van der Waals surface area contributed by atoms with Gasteiger partial charge in [-0.1, -0.05) is 41.9 Å². The first kappa shape index (κ1) is 24.9. The fourth-order valence-corrected chi connectivity index (χ4v) is 6.44. The van der Waals surface area contributed by atoms with Gasteiger partial charge in [0, 0.05) is 40.6 Å². The number of piperidine rings is 1. The standard InChI is InChI=1S/C24H24ClN3O5SSi/c25-21-11-10-20(34-21)22(29)26-24(35,16-4-2-1-3-5-16)17-12-14-27(15-13-17)23(30)33-19-8-6-18(7-9-19)28(31)32/h1-11,17H,12-15H2,35H3,(H,26,29)/t24-/m1/s1. The fourth-order valence-electron chi connectivity index (χ4n) is 4.37. The van der Waals surface area contributed by atoms with Crippen LogP contribution in [0.1, 0.15) is 28.1 Å². The Labute approximate surface area is 214 Å². The largest absolute Gasteiger partial charge is 0.415 e. The Balaban J connectivity index is 1.44. The SMILES string of the molecule is O=C(N[C@@]([SiH3])(c1ccccc1)C1CCN(C(=O)Oc2ccc([N+](=O)[O-])cc2)CC1)c1ccc(Cl)s1. The van der Waals surface area contributed by atoms with E-state index in [9.17, 15) is 19.7 Å². The third-order valence-corrected chi connectivity index (χ3v) is 9.24. The molecule has 1 fully saturated rings. The van der Waals surface area contributed by atoms with Crippen molar-refractivity contribution < 1.29 is 19.2 Å². The molecule has 0 unspecified atom stereocenters. The molecule has 4 rings (SSSR count). The molecule has 8 nitrogen and oxygen atoms in total. The van der Waals surface area contributed by atoms with Crippen molar-refractivity contribution in [2.24, 2.45) is 5.92 Å². The van der Waals surface area contributed by atoms with E-state index in [1.807, 2.05) is 30.3 Å². The van der Waals surface area contributed by atoms with Crippen molar-refractivity contribution in [1.82, 2.24) is 10.2 Å². The molecule has 2 amide bonds. The predicted molar refractivity (Wildman–Crippen MR) is 138 cm³/mol. The van der Waals surface area contributed by atoms with E-state index in [4.69, 9.17) is 16.3 Å². The molecule has 1 N–H and O–H groups in total. The van der Waals surface area contributed by atoms with E-state index in [1.165, 1.54) is 35.6 Å². The molecule has 182 valence electrons. The number of nitro benzene ring substituents is 1. The number of rotatable bonds is 6. The summed E-state index contributed by atoms with van der Waals surface area (Å²) in [5, 5.41) is 13.6. The number of benzene rings is 2.